The maximum atomic E-state index is 11.4. The van der Waals surface area contributed by atoms with Crippen molar-refractivity contribution in [2.45, 2.75) is 13.8 Å². The van der Waals surface area contributed by atoms with Gasteiger partial charge in [-0.25, -0.2) is 4.79 Å². The Bertz CT molecular complexity index is 432. The highest BCUT2D eigenvalue weighted by atomic mass is 16.5. The third-order valence-electron chi connectivity index (χ3n) is 1.93. The first-order valence-corrected chi connectivity index (χ1v) is 4.51. The molecule has 4 heteroatoms. The van der Waals surface area contributed by atoms with E-state index < -0.39 is 5.97 Å². The summed E-state index contributed by atoms with van der Waals surface area (Å²) in [5.74, 6) is -0.581. The minimum atomic E-state index is -0.489. The summed E-state index contributed by atoms with van der Waals surface area (Å²) in [5.41, 5.74) is 0.846. The van der Waals surface area contributed by atoms with Gasteiger partial charge in [0.05, 0.1) is 17.7 Å². The predicted octanol–water partition coefficient (Wildman–Crippen LogP) is 1.75. The second-order valence-corrected chi connectivity index (χ2v) is 3.02. The molecule has 0 heterocycles. The first-order valence-electron chi connectivity index (χ1n) is 4.51. The van der Waals surface area contributed by atoms with Crippen LogP contribution in [0.25, 0.3) is 0 Å². The number of hydrogen-bond acceptors (Lipinski definition) is 4. The van der Waals surface area contributed by atoms with Gasteiger partial charge < -0.3 is 9.84 Å². The van der Waals surface area contributed by atoms with Crippen LogP contribution in [-0.2, 0) is 4.74 Å². The maximum absolute atomic E-state index is 11.4. The van der Waals surface area contributed by atoms with Gasteiger partial charge in [-0.05, 0) is 31.5 Å². The molecule has 1 rings (SSSR count). The Kier molecular flexibility index (Phi) is 3.29. The highest BCUT2D eigenvalue weighted by Gasteiger charge is 2.12. The summed E-state index contributed by atoms with van der Waals surface area (Å²) in [6, 6.07) is 4.63. The minimum absolute atomic E-state index is 0.0815. The quantitative estimate of drug-likeness (QED) is 0.746. The van der Waals surface area contributed by atoms with Crippen LogP contribution in [0.1, 0.15) is 28.4 Å². The van der Waals surface area contributed by atoms with E-state index in [1.165, 1.54) is 12.1 Å². The molecule has 15 heavy (non-hydrogen) atoms. The number of phenolic OH excluding ortho intramolecular Hbond substituents is 1. The number of nitrogens with zero attached hydrogens (tertiary/aromatic N) is 1. The Morgan fingerprint density at radius 2 is 2.27 bits per heavy atom. The molecular formula is C11H11NO3. The molecular weight excluding hydrogens is 194 g/mol. The van der Waals surface area contributed by atoms with Gasteiger partial charge in [0.15, 0.2) is 0 Å². The molecule has 0 saturated carbocycles. The molecule has 0 unspecified atom stereocenters. The third-order valence-corrected chi connectivity index (χ3v) is 1.93. The van der Waals surface area contributed by atoms with E-state index in [1.807, 2.05) is 6.07 Å². The number of aromatic hydroxyl groups is 1. The Labute approximate surface area is 87.7 Å². The lowest BCUT2D eigenvalue weighted by atomic mass is 10.1. The van der Waals surface area contributed by atoms with Crippen molar-refractivity contribution < 1.29 is 14.6 Å². The van der Waals surface area contributed by atoms with Gasteiger partial charge in [-0.1, -0.05) is 0 Å². The van der Waals surface area contributed by atoms with E-state index in [0.29, 0.717) is 5.56 Å². The van der Waals surface area contributed by atoms with Crippen molar-refractivity contribution in [2.75, 3.05) is 6.61 Å². The van der Waals surface area contributed by atoms with Gasteiger partial charge >= 0.3 is 5.97 Å². The lowest BCUT2D eigenvalue weighted by molar-refractivity contribution is 0.0526. The minimum Gasteiger partial charge on any atom is -0.506 e. The molecule has 0 saturated heterocycles. The van der Waals surface area contributed by atoms with Crippen molar-refractivity contribution >= 4 is 5.97 Å². The topological polar surface area (TPSA) is 70.3 Å². The van der Waals surface area contributed by atoms with Crippen molar-refractivity contribution in [2.24, 2.45) is 0 Å². The van der Waals surface area contributed by atoms with Crippen LogP contribution in [0.15, 0.2) is 12.1 Å². The molecule has 1 aromatic rings. The van der Waals surface area contributed by atoms with Crippen LogP contribution in [0.5, 0.6) is 5.75 Å². The standard InChI is InChI=1S/C11H11NO3/c1-3-15-11(14)8-4-7(2)10(13)9(5-8)6-12/h4-5,13H,3H2,1-2H3. The largest absolute Gasteiger partial charge is 0.506 e. The molecule has 0 radical (unpaired) electrons. The van der Waals surface area contributed by atoms with E-state index in [-0.39, 0.29) is 23.5 Å². The molecule has 0 aliphatic heterocycles. The van der Waals surface area contributed by atoms with Gasteiger partial charge in [-0.15, -0.1) is 0 Å². The zero-order valence-corrected chi connectivity index (χ0v) is 8.57. The van der Waals surface area contributed by atoms with E-state index in [1.54, 1.807) is 13.8 Å². The predicted molar refractivity (Wildman–Crippen MR) is 53.5 cm³/mol. The number of carbonyl (C=O) groups excluding carboxylic acids is 1. The van der Waals surface area contributed by atoms with E-state index in [9.17, 15) is 9.90 Å². The Hall–Kier alpha value is -2.02. The fraction of sp³-hybridized carbons (Fsp3) is 0.273. The number of esters is 1. The van der Waals surface area contributed by atoms with Gasteiger partial charge in [-0.2, -0.15) is 5.26 Å². The number of rotatable bonds is 2. The number of ether oxygens (including phenoxy) is 1. The van der Waals surface area contributed by atoms with Crippen molar-refractivity contribution in [3.8, 4) is 11.8 Å². The van der Waals surface area contributed by atoms with Crippen LogP contribution < -0.4 is 0 Å². The third kappa shape index (κ3) is 2.26. The summed E-state index contributed by atoms with van der Waals surface area (Å²) in [7, 11) is 0. The molecule has 1 aromatic carbocycles. The monoisotopic (exact) mass is 205 g/mol. The molecule has 0 aliphatic carbocycles. The highest BCUT2D eigenvalue weighted by Crippen LogP contribution is 2.23. The fourth-order valence-electron chi connectivity index (χ4n) is 1.20. The van der Waals surface area contributed by atoms with E-state index in [0.717, 1.165) is 0 Å². The highest BCUT2D eigenvalue weighted by molar-refractivity contribution is 5.90. The lowest BCUT2D eigenvalue weighted by Gasteiger charge is -2.05. The van der Waals surface area contributed by atoms with Crippen LogP contribution in [0.2, 0.25) is 0 Å². The summed E-state index contributed by atoms with van der Waals surface area (Å²) in [5, 5.41) is 18.2. The zero-order valence-electron chi connectivity index (χ0n) is 8.57. The molecule has 0 atom stereocenters. The number of nitriles is 1. The molecule has 1 N–H and O–H groups in total. The Morgan fingerprint density at radius 1 is 1.60 bits per heavy atom. The van der Waals surface area contributed by atoms with E-state index in [4.69, 9.17) is 10.00 Å². The summed E-state index contributed by atoms with van der Waals surface area (Å²) in [4.78, 5) is 11.4. The first kappa shape index (κ1) is 11.1. The Morgan fingerprint density at radius 3 is 2.80 bits per heavy atom. The summed E-state index contributed by atoms with van der Waals surface area (Å²) in [6.45, 7) is 3.61. The molecule has 0 amide bonds. The summed E-state index contributed by atoms with van der Waals surface area (Å²) in [6.07, 6.45) is 0. The van der Waals surface area contributed by atoms with Crippen LogP contribution in [-0.4, -0.2) is 17.7 Å². The van der Waals surface area contributed by atoms with Crippen LogP contribution in [0, 0.1) is 18.3 Å². The first-order chi connectivity index (χ1) is 7.10. The molecule has 0 bridgehead atoms. The lowest BCUT2D eigenvalue weighted by Crippen LogP contribution is -2.05. The van der Waals surface area contributed by atoms with Gasteiger partial charge in [0, 0.05) is 0 Å². The van der Waals surface area contributed by atoms with Crippen LogP contribution in [0.3, 0.4) is 0 Å². The SMILES string of the molecule is CCOC(=O)c1cc(C)c(O)c(C#N)c1. The molecule has 0 spiro atoms. The van der Waals surface area contributed by atoms with Crippen molar-refractivity contribution in [1.82, 2.24) is 0 Å². The van der Waals surface area contributed by atoms with Gasteiger partial charge in [0.2, 0.25) is 0 Å². The van der Waals surface area contributed by atoms with Crippen molar-refractivity contribution in [1.29, 1.82) is 5.26 Å². The average molecular weight is 205 g/mol. The smallest absolute Gasteiger partial charge is 0.338 e. The van der Waals surface area contributed by atoms with Crippen LogP contribution >= 0.6 is 0 Å². The molecule has 4 nitrogen and oxygen atoms in total. The number of hydrogen-bond donors (Lipinski definition) is 1. The van der Waals surface area contributed by atoms with E-state index in [2.05, 4.69) is 0 Å². The van der Waals surface area contributed by atoms with E-state index >= 15 is 0 Å². The number of phenols is 1. The number of benzene rings is 1. The summed E-state index contributed by atoms with van der Waals surface area (Å²) < 4.78 is 4.79. The zero-order chi connectivity index (χ0) is 11.4. The molecule has 78 valence electrons. The maximum Gasteiger partial charge on any atom is 0.338 e. The van der Waals surface area contributed by atoms with Gasteiger partial charge in [0.1, 0.15) is 11.8 Å². The van der Waals surface area contributed by atoms with Crippen LogP contribution in [0.4, 0.5) is 0 Å². The van der Waals surface area contributed by atoms with Crippen molar-refractivity contribution in [3.05, 3.63) is 28.8 Å². The van der Waals surface area contributed by atoms with Crippen molar-refractivity contribution in [3.63, 3.8) is 0 Å². The normalized spacial score (nSPS) is 9.40. The Balaban J connectivity index is 3.18. The number of aryl methyl sites for hydroxylation is 1. The summed E-state index contributed by atoms with van der Waals surface area (Å²) >= 11 is 0. The fourth-order valence-corrected chi connectivity index (χ4v) is 1.20. The van der Waals surface area contributed by atoms with Gasteiger partial charge in [0.25, 0.3) is 0 Å². The molecule has 0 fully saturated rings. The van der Waals surface area contributed by atoms with Gasteiger partial charge in [-0.3, -0.25) is 0 Å². The molecule has 0 aliphatic rings. The average Bonchev–Trinajstić information content (AvgIpc) is 2.22. The molecule has 0 aromatic heterocycles. The second kappa shape index (κ2) is 4.47. The second-order valence-electron chi connectivity index (χ2n) is 3.02. The number of carbonyl (C=O) groups is 1.